The van der Waals surface area contributed by atoms with E-state index in [-0.39, 0.29) is 16.3 Å². The number of hydrogen-bond acceptors (Lipinski definition) is 4. The maximum Gasteiger partial charge on any atom is 0.280 e. The van der Waals surface area contributed by atoms with E-state index in [2.05, 4.69) is 10.3 Å². The number of carbonyl (C=O) groups is 1. The molecule has 3 N–H and O–H groups in total. The van der Waals surface area contributed by atoms with Crippen LogP contribution in [-0.4, -0.2) is 23.9 Å². The van der Waals surface area contributed by atoms with Crippen LogP contribution in [0.15, 0.2) is 35.5 Å². The van der Waals surface area contributed by atoms with Crippen molar-refractivity contribution in [3.05, 3.63) is 42.0 Å². The number of hydrogen-bond donors (Lipinski definition) is 2. The molecule has 0 saturated carbocycles. The SMILES string of the molecule is Cn1cc(S(N)(=O)=O)cc1C(=O)Nc1ccnc(C(F)F)c1. The Bertz CT molecular complexity index is 818. The Kier molecular flexibility index (Phi) is 4.24. The maximum absolute atomic E-state index is 12.5. The molecular formula is C12H12F2N4O3S. The highest BCUT2D eigenvalue weighted by Gasteiger charge is 2.18. The Morgan fingerprint density at radius 3 is 2.64 bits per heavy atom. The number of carbonyl (C=O) groups excluding carboxylic acids is 1. The molecule has 2 rings (SSSR count). The summed E-state index contributed by atoms with van der Waals surface area (Å²) in [6, 6.07) is 3.47. The summed E-state index contributed by atoms with van der Waals surface area (Å²) in [5.74, 6) is -0.663. The molecule has 0 spiro atoms. The van der Waals surface area contributed by atoms with Crippen molar-refractivity contribution in [3.63, 3.8) is 0 Å². The second-order valence-corrected chi connectivity index (χ2v) is 6.00. The number of amides is 1. The average molecular weight is 330 g/mol. The molecule has 0 radical (unpaired) electrons. The van der Waals surface area contributed by atoms with Crippen LogP contribution in [0.3, 0.4) is 0 Å². The second-order valence-electron chi connectivity index (χ2n) is 4.44. The lowest BCUT2D eigenvalue weighted by Gasteiger charge is -2.07. The molecule has 22 heavy (non-hydrogen) atoms. The van der Waals surface area contributed by atoms with Gasteiger partial charge >= 0.3 is 0 Å². The number of rotatable bonds is 4. The van der Waals surface area contributed by atoms with Gasteiger partial charge in [-0.05, 0) is 18.2 Å². The molecule has 0 aliphatic heterocycles. The minimum Gasteiger partial charge on any atom is -0.345 e. The van der Waals surface area contributed by atoms with Crippen LogP contribution >= 0.6 is 0 Å². The van der Waals surface area contributed by atoms with Crippen molar-refractivity contribution in [3.8, 4) is 0 Å². The van der Waals surface area contributed by atoms with E-state index in [0.717, 1.165) is 18.3 Å². The standard InChI is InChI=1S/C12H12F2N4O3S/c1-18-6-8(22(15,20)21)5-10(18)12(19)17-7-2-3-16-9(4-7)11(13)14/h2-6,11H,1H3,(H2,15,20,21)(H,16,17,19). The lowest BCUT2D eigenvalue weighted by Crippen LogP contribution is -2.15. The third kappa shape index (κ3) is 3.46. The molecule has 0 aromatic carbocycles. The Hall–Kier alpha value is -2.33. The third-order valence-electron chi connectivity index (χ3n) is 2.80. The highest BCUT2D eigenvalue weighted by molar-refractivity contribution is 7.89. The summed E-state index contributed by atoms with van der Waals surface area (Å²) < 4.78 is 48.8. The molecule has 1 amide bonds. The number of aryl methyl sites for hydroxylation is 1. The van der Waals surface area contributed by atoms with Crippen LogP contribution in [0.4, 0.5) is 14.5 Å². The first-order valence-corrected chi connectivity index (χ1v) is 7.47. The molecule has 2 heterocycles. The lowest BCUT2D eigenvalue weighted by atomic mass is 10.3. The summed E-state index contributed by atoms with van der Waals surface area (Å²) in [6.07, 6.45) is -0.444. The Balaban J connectivity index is 2.26. The number of nitrogens with zero attached hydrogens (tertiary/aromatic N) is 2. The fraction of sp³-hybridized carbons (Fsp3) is 0.167. The van der Waals surface area contributed by atoms with Crippen molar-refractivity contribution < 1.29 is 22.0 Å². The monoisotopic (exact) mass is 330 g/mol. The summed E-state index contributed by atoms with van der Waals surface area (Å²) in [5.41, 5.74) is -0.344. The van der Waals surface area contributed by atoms with E-state index in [1.807, 2.05) is 0 Å². The van der Waals surface area contributed by atoms with E-state index in [1.165, 1.54) is 23.9 Å². The van der Waals surface area contributed by atoms with Crippen LogP contribution < -0.4 is 10.5 Å². The summed E-state index contributed by atoms with van der Waals surface area (Å²) in [5, 5.41) is 7.37. The van der Waals surface area contributed by atoms with Gasteiger partial charge in [0.25, 0.3) is 12.3 Å². The number of anilines is 1. The first-order chi connectivity index (χ1) is 10.2. The number of pyridine rings is 1. The van der Waals surface area contributed by atoms with Crippen LogP contribution in [0.25, 0.3) is 0 Å². The van der Waals surface area contributed by atoms with Crippen molar-refractivity contribution >= 4 is 21.6 Å². The predicted molar refractivity (Wildman–Crippen MR) is 73.9 cm³/mol. The van der Waals surface area contributed by atoms with Crippen LogP contribution in [-0.2, 0) is 17.1 Å². The summed E-state index contributed by atoms with van der Waals surface area (Å²) in [4.78, 5) is 15.3. The van der Waals surface area contributed by atoms with Crippen LogP contribution in [0.5, 0.6) is 0 Å². The topological polar surface area (TPSA) is 107 Å². The van der Waals surface area contributed by atoms with Crippen LogP contribution in [0.2, 0.25) is 0 Å². The van der Waals surface area contributed by atoms with Gasteiger partial charge in [-0.15, -0.1) is 0 Å². The fourth-order valence-corrected chi connectivity index (χ4v) is 2.34. The average Bonchev–Trinajstić information content (AvgIpc) is 2.81. The number of nitrogens with two attached hydrogens (primary N) is 1. The van der Waals surface area contributed by atoms with Crippen molar-refractivity contribution in [1.29, 1.82) is 0 Å². The molecule has 0 atom stereocenters. The third-order valence-corrected chi connectivity index (χ3v) is 3.68. The van der Waals surface area contributed by atoms with Gasteiger partial charge in [-0.3, -0.25) is 9.78 Å². The Morgan fingerprint density at radius 2 is 2.09 bits per heavy atom. The van der Waals surface area contributed by atoms with Crippen molar-refractivity contribution in [1.82, 2.24) is 9.55 Å². The van der Waals surface area contributed by atoms with Gasteiger partial charge in [0.1, 0.15) is 16.3 Å². The quantitative estimate of drug-likeness (QED) is 0.880. The van der Waals surface area contributed by atoms with Crippen molar-refractivity contribution in [2.45, 2.75) is 11.3 Å². The normalized spacial score (nSPS) is 11.7. The number of halogens is 2. The largest absolute Gasteiger partial charge is 0.345 e. The highest BCUT2D eigenvalue weighted by Crippen LogP contribution is 2.20. The number of alkyl halides is 2. The first-order valence-electron chi connectivity index (χ1n) is 5.93. The minimum absolute atomic E-state index is 0.0134. The van der Waals surface area contributed by atoms with Gasteiger partial charge < -0.3 is 9.88 Å². The van der Waals surface area contributed by atoms with E-state index in [0.29, 0.717) is 0 Å². The number of sulfonamides is 1. The highest BCUT2D eigenvalue weighted by atomic mass is 32.2. The zero-order valence-electron chi connectivity index (χ0n) is 11.3. The van der Waals surface area contributed by atoms with Gasteiger partial charge in [0, 0.05) is 25.1 Å². The Morgan fingerprint density at radius 1 is 1.41 bits per heavy atom. The molecule has 2 aromatic heterocycles. The molecule has 2 aromatic rings. The molecule has 0 bridgehead atoms. The van der Waals surface area contributed by atoms with E-state index in [9.17, 15) is 22.0 Å². The Labute approximate surface area is 124 Å². The molecule has 0 saturated heterocycles. The van der Waals surface area contributed by atoms with Gasteiger partial charge in [0.15, 0.2) is 0 Å². The molecule has 0 aliphatic rings. The predicted octanol–water partition coefficient (Wildman–Crippen LogP) is 1.26. The first kappa shape index (κ1) is 16.0. The van der Waals surface area contributed by atoms with Crippen molar-refractivity contribution in [2.75, 3.05) is 5.32 Å². The maximum atomic E-state index is 12.5. The van der Waals surface area contributed by atoms with E-state index < -0.39 is 28.0 Å². The molecule has 0 aliphatic carbocycles. The van der Waals surface area contributed by atoms with E-state index >= 15 is 0 Å². The smallest absolute Gasteiger partial charge is 0.280 e. The summed E-state index contributed by atoms with van der Waals surface area (Å²) in [7, 11) is -2.48. The summed E-state index contributed by atoms with van der Waals surface area (Å²) >= 11 is 0. The zero-order valence-corrected chi connectivity index (χ0v) is 12.1. The van der Waals surface area contributed by atoms with E-state index in [1.54, 1.807) is 0 Å². The van der Waals surface area contributed by atoms with Gasteiger partial charge in [-0.2, -0.15) is 0 Å². The van der Waals surface area contributed by atoms with Gasteiger partial charge in [0.05, 0.1) is 0 Å². The number of aromatic nitrogens is 2. The molecule has 0 unspecified atom stereocenters. The molecule has 7 nitrogen and oxygen atoms in total. The minimum atomic E-state index is -3.94. The molecular weight excluding hydrogens is 318 g/mol. The van der Waals surface area contributed by atoms with Gasteiger partial charge in [-0.25, -0.2) is 22.3 Å². The molecule has 118 valence electrons. The van der Waals surface area contributed by atoms with E-state index in [4.69, 9.17) is 5.14 Å². The second kappa shape index (κ2) is 5.81. The summed E-state index contributed by atoms with van der Waals surface area (Å²) in [6.45, 7) is 0. The zero-order chi connectivity index (χ0) is 16.5. The molecule has 0 fully saturated rings. The van der Waals surface area contributed by atoms with Gasteiger partial charge in [0.2, 0.25) is 10.0 Å². The molecule has 10 heteroatoms. The number of nitrogens with one attached hydrogen (secondary N) is 1. The van der Waals surface area contributed by atoms with Crippen LogP contribution in [0, 0.1) is 0 Å². The fourth-order valence-electron chi connectivity index (χ4n) is 1.76. The lowest BCUT2D eigenvalue weighted by molar-refractivity contribution is 0.101. The van der Waals surface area contributed by atoms with Gasteiger partial charge in [-0.1, -0.05) is 0 Å². The van der Waals surface area contributed by atoms with Crippen molar-refractivity contribution in [2.24, 2.45) is 12.2 Å². The van der Waals surface area contributed by atoms with Crippen LogP contribution in [0.1, 0.15) is 22.6 Å². The number of primary sulfonamides is 1.